The van der Waals surface area contributed by atoms with E-state index in [1.807, 2.05) is 0 Å². The number of sulfonamides is 1. The molecule has 0 spiro atoms. The second-order valence-electron chi connectivity index (χ2n) is 5.89. The number of rotatable bonds is 4. The minimum atomic E-state index is -3.48. The van der Waals surface area contributed by atoms with Crippen LogP contribution in [-0.4, -0.2) is 59.0 Å². The quantitative estimate of drug-likeness (QED) is 0.776. The number of ether oxygens (including phenoxy) is 1. The molecule has 0 radical (unpaired) electrons. The Morgan fingerprint density at radius 1 is 1.27 bits per heavy atom. The van der Waals surface area contributed by atoms with Gasteiger partial charge in [0.2, 0.25) is 10.0 Å². The van der Waals surface area contributed by atoms with E-state index in [1.165, 1.54) is 43.3 Å². The molecule has 1 aromatic rings. The van der Waals surface area contributed by atoms with Crippen LogP contribution in [0.1, 0.15) is 23.2 Å². The number of likely N-dealkylation sites (N-methyl/N-ethyl adjacent to an activating group) is 1. The Morgan fingerprint density at radius 2 is 1.91 bits per heavy atom. The standard InChI is InChI=1S/C15H22N2O4S/c1-16(2)22(19,20)14-8-6-12(7-9-14)15(18)21-13-5-4-10-17(3)11-13/h6-9,13H,4-5,10-11H2,1-3H3/p+1/t13-/m0/s1. The molecule has 0 amide bonds. The lowest BCUT2D eigenvalue weighted by Gasteiger charge is -2.26. The van der Waals surface area contributed by atoms with Crippen LogP contribution in [0.25, 0.3) is 0 Å². The van der Waals surface area contributed by atoms with E-state index in [1.54, 1.807) is 0 Å². The van der Waals surface area contributed by atoms with Crippen LogP contribution in [0.15, 0.2) is 29.2 Å². The van der Waals surface area contributed by atoms with Crippen LogP contribution in [0.4, 0.5) is 0 Å². The summed E-state index contributed by atoms with van der Waals surface area (Å²) in [5, 5.41) is 0. The molecule has 1 heterocycles. The van der Waals surface area contributed by atoms with Gasteiger partial charge in [0, 0.05) is 20.5 Å². The van der Waals surface area contributed by atoms with Gasteiger partial charge in [-0.25, -0.2) is 17.5 Å². The Labute approximate surface area is 131 Å². The highest BCUT2D eigenvalue weighted by molar-refractivity contribution is 7.89. The number of piperidine rings is 1. The summed E-state index contributed by atoms with van der Waals surface area (Å²) < 4.78 is 30.6. The summed E-state index contributed by atoms with van der Waals surface area (Å²) in [7, 11) is 1.55. The third-order valence-electron chi connectivity index (χ3n) is 3.85. The van der Waals surface area contributed by atoms with Gasteiger partial charge in [0.1, 0.15) is 6.54 Å². The first kappa shape index (κ1) is 16.9. The first-order chi connectivity index (χ1) is 10.3. The predicted molar refractivity (Wildman–Crippen MR) is 82.4 cm³/mol. The van der Waals surface area contributed by atoms with E-state index in [2.05, 4.69) is 7.05 Å². The van der Waals surface area contributed by atoms with Crippen LogP contribution in [-0.2, 0) is 14.8 Å². The molecule has 6 nitrogen and oxygen atoms in total. The summed E-state index contributed by atoms with van der Waals surface area (Å²) >= 11 is 0. The third kappa shape index (κ3) is 3.85. The number of likely N-dealkylation sites (tertiary alicyclic amines) is 1. The normalized spacial score (nSPS) is 22.5. The number of esters is 1. The molecule has 0 saturated carbocycles. The van der Waals surface area contributed by atoms with Gasteiger partial charge < -0.3 is 9.64 Å². The molecule has 1 aliphatic rings. The molecule has 22 heavy (non-hydrogen) atoms. The lowest BCUT2D eigenvalue weighted by Crippen LogP contribution is -3.11. The van der Waals surface area contributed by atoms with E-state index in [4.69, 9.17) is 4.74 Å². The molecule has 1 fully saturated rings. The number of carbonyl (C=O) groups is 1. The maximum Gasteiger partial charge on any atom is 0.338 e. The van der Waals surface area contributed by atoms with E-state index in [0.717, 1.165) is 30.2 Å². The van der Waals surface area contributed by atoms with Crippen molar-refractivity contribution in [2.24, 2.45) is 0 Å². The molecule has 1 unspecified atom stereocenters. The zero-order chi connectivity index (χ0) is 16.3. The van der Waals surface area contributed by atoms with Crippen LogP contribution < -0.4 is 4.90 Å². The van der Waals surface area contributed by atoms with Crippen molar-refractivity contribution in [1.82, 2.24) is 4.31 Å². The highest BCUT2D eigenvalue weighted by atomic mass is 32.2. The zero-order valence-electron chi connectivity index (χ0n) is 13.2. The Bertz CT molecular complexity index is 625. The van der Waals surface area contributed by atoms with E-state index in [-0.39, 0.29) is 11.0 Å². The van der Waals surface area contributed by atoms with E-state index < -0.39 is 16.0 Å². The maximum absolute atomic E-state index is 12.1. The number of hydrogen-bond donors (Lipinski definition) is 1. The Hall–Kier alpha value is -1.44. The summed E-state index contributed by atoms with van der Waals surface area (Å²) in [6.45, 7) is 1.92. The predicted octanol–water partition coefficient (Wildman–Crippen LogP) is -0.229. The summed E-state index contributed by atoms with van der Waals surface area (Å²) in [5.41, 5.74) is 0.376. The molecule has 0 aromatic heterocycles. The third-order valence-corrected chi connectivity index (χ3v) is 5.68. The monoisotopic (exact) mass is 327 g/mol. The smallest absolute Gasteiger partial charge is 0.338 e. The van der Waals surface area contributed by atoms with Crippen molar-refractivity contribution in [1.29, 1.82) is 0 Å². The van der Waals surface area contributed by atoms with Gasteiger partial charge in [-0.1, -0.05) is 0 Å². The van der Waals surface area contributed by atoms with Gasteiger partial charge >= 0.3 is 5.97 Å². The number of nitrogens with zero attached hydrogens (tertiary/aromatic N) is 1. The fourth-order valence-corrected chi connectivity index (χ4v) is 3.42. The first-order valence-corrected chi connectivity index (χ1v) is 8.79. The van der Waals surface area contributed by atoms with Crippen LogP contribution >= 0.6 is 0 Å². The summed E-state index contributed by atoms with van der Waals surface area (Å²) in [5.74, 6) is -0.395. The Morgan fingerprint density at radius 3 is 2.45 bits per heavy atom. The average Bonchev–Trinajstić information content (AvgIpc) is 2.47. The van der Waals surface area contributed by atoms with Gasteiger partial charge in [-0.2, -0.15) is 0 Å². The van der Waals surface area contributed by atoms with Crippen LogP contribution in [0.2, 0.25) is 0 Å². The molecule has 1 aromatic carbocycles. The number of quaternary nitrogens is 1. The molecule has 2 atom stereocenters. The maximum atomic E-state index is 12.1. The largest absolute Gasteiger partial charge is 0.453 e. The molecule has 1 aliphatic heterocycles. The number of carbonyl (C=O) groups excluding carboxylic acids is 1. The summed E-state index contributed by atoms with van der Waals surface area (Å²) in [4.78, 5) is 13.6. The lowest BCUT2D eigenvalue weighted by molar-refractivity contribution is -0.888. The number of hydrogen-bond acceptors (Lipinski definition) is 4. The molecule has 1 saturated heterocycles. The van der Waals surface area contributed by atoms with Crippen molar-refractivity contribution in [2.75, 3.05) is 34.2 Å². The SMILES string of the molecule is CN(C)S(=O)(=O)c1ccc(C(=O)O[C@H]2CCC[NH+](C)C2)cc1. The molecular formula is C15H23N2O4S+. The van der Waals surface area contributed by atoms with E-state index in [0.29, 0.717) is 5.56 Å². The summed E-state index contributed by atoms with van der Waals surface area (Å²) in [6.07, 6.45) is 1.87. The molecule has 7 heteroatoms. The molecule has 122 valence electrons. The van der Waals surface area contributed by atoms with Crippen LogP contribution in [0, 0.1) is 0 Å². The van der Waals surface area contributed by atoms with E-state index in [9.17, 15) is 13.2 Å². The van der Waals surface area contributed by atoms with Gasteiger partial charge in [0.25, 0.3) is 0 Å². The van der Waals surface area contributed by atoms with E-state index >= 15 is 0 Å². The second-order valence-corrected chi connectivity index (χ2v) is 8.04. The van der Waals surface area contributed by atoms with Gasteiger partial charge in [-0.05, 0) is 30.7 Å². The van der Waals surface area contributed by atoms with Gasteiger partial charge in [-0.3, -0.25) is 0 Å². The first-order valence-electron chi connectivity index (χ1n) is 7.35. The topological polar surface area (TPSA) is 68.1 Å². The fraction of sp³-hybridized carbons (Fsp3) is 0.533. The van der Waals surface area contributed by atoms with Crippen molar-refractivity contribution in [2.45, 2.75) is 23.8 Å². The molecule has 2 rings (SSSR count). The Balaban J connectivity index is 2.05. The van der Waals surface area contributed by atoms with Gasteiger partial charge in [-0.15, -0.1) is 0 Å². The van der Waals surface area contributed by atoms with Crippen LogP contribution in [0.3, 0.4) is 0 Å². The lowest BCUT2D eigenvalue weighted by atomic mass is 10.1. The molecule has 0 aliphatic carbocycles. The van der Waals surface area contributed by atoms with Crippen molar-refractivity contribution in [3.63, 3.8) is 0 Å². The summed E-state index contributed by atoms with van der Waals surface area (Å²) in [6, 6.07) is 5.87. The second kappa shape index (κ2) is 6.76. The molecule has 1 N–H and O–H groups in total. The average molecular weight is 327 g/mol. The number of benzene rings is 1. The van der Waals surface area contributed by atoms with Gasteiger partial charge in [0.05, 0.1) is 24.1 Å². The minimum absolute atomic E-state index is 0.0635. The van der Waals surface area contributed by atoms with Crippen molar-refractivity contribution >= 4 is 16.0 Å². The minimum Gasteiger partial charge on any atom is -0.453 e. The highest BCUT2D eigenvalue weighted by Crippen LogP contribution is 2.15. The van der Waals surface area contributed by atoms with Crippen molar-refractivity contribution in [3.05, 3.63) is 29.8 Å². The number of nitrogens with one attached hydrogen (secondary N) is 1. The van der Waals surface area contributed by atoms with Crippen LogP contribution in [0.5, 0.6) is 0 Å². The fourth-order valence-electron chi connectivity index (χ4n) is 2.52. The van der Waals surface area contributed by atoms with Gasteiger partial charge in [0.15, 0.2) is 6.10 Å². The molecule has 0 bridgehead atoms. The zero-order valence-corrected chi connectivity index (χ0v) is 14.0. The van der Waals surface area contributed by atoms with Crippen molar-refractivity contribution in [3.8, 4) is 0 Å². The highest BCUT2D eigenvalue weighted by Gasteiger charge is 2.24. The van der Waals surface area contributed by atoms with Crippen molar-refractivity contribution < 1.29 is 22.8 Å². The Kier molecular flexibility index (Phi) is 5.20. The molecular weight excluding hydrogens is 304 g/mol.